The highest BCUT2D eigenvalue weighted by Gasteiger charge is 2.13. The van der Waals surface area contributed by atoms with Crippen LogP contribution in [0.5, 0.6) is 0 Å². The van der Waals surface area contributed by atoms with Crippen molar-refractivity contribution in [2.75, 3.05) is 18.6 Å². The van der Waals surface area contributed by atoms with E-state index in [0.29, 0.717) is 24.1 Å². The zero-order valence-corrected chi connectivity index (χ0v) is 11.9. The predicted octanol–water partition coefficient (Wildman–Crippen LogP) is 2.23. The van der Waals surface area contributed by atoms with Crippen molar-refractivity contribution in [1.29, 1.82) is 0 Å². The molecule has 0 bridgehead atoms. The van der Waals surface area contributed by atoms with E-state index in [0.717, 1.165) is 13.0 Å². The van der Waals surface area contributed by atoms with Crippen LogP contribution in [0.15, 0.2) is 0 Å². The molecule has 0 heterocycles. The minimum atomic E-state index is -2.80. The topological polar surface area (TPSA) is 46.2 Å². The molecule has 0 aliphatic heterocycles. The standard InChI is InChI=1S/C12H27NO2S/c1-5-8-11(3)12(6-2)13-9-7-10-16(4,14)15/h11-13H,5-10H2,1-4H3. The zero-order chi connectivity index (χ0) is 12.6. The largest absolute Gasteiger partial charge is 0.314 e. The maximum atomic E-state index is 11.0. The van der Waals surface area contributed by atoms with Gasteiger partial charge in [0.1, 0.15) is 9.84 Å². The maximum Gasteiger partial charge on any atom is 0.147 e. The van der Waals surface area contributed by atoms with Gasteiger partial charge in [0.15, 0.2) is 0 Å². The Hall–Kier alpha value is -0.0900. The highest BCUT2D eigenvalue weighted by Crippen LogP contribution is 2.13. The molecule has 0 radical (unpaired) electrons. The van der Waals surface area contributed by atoms with Crippen LogP contribution >= 0.6 is 0 Å². The van der Waals surface area contributed by atoms with Gasteiger partial charge >= 0.3 is 0 Å². The molecule has 2 unspecified atom stereocenters. The molecule has 0 rings (SSSR count). The van der Waals surface area contributed by atoms with Crippen molar-refractivity contribution >= 4 is 9.84 Å². The minimum absolute atomic E-state index is 0.290. The second-order valence-electron chi connectivity index (χ2n) is 4.72. The lowest BCUT2D eigenvalue weighted by molar-refractivity contribution is 0.346. The fraction of sp³-hybridized carbons (Fsp3) is 1.00. The van der Waals surface area contributed by atoms with E-state index in [9.17, 15) is 8.42 Å². The molecule has 4 heteroatoms. The van der Waals surface area contributed by atoms with Gasteiger partial charge in [-0.15, -0.1) is 0 Å². The van der Waals surface area contributed by atoms with Crippen LogP contribution in [-0.2, 0) is 9.84 Å². The highest BCUT2D eigenvalue weighted by atomic mass is 32.2. The van der Waals surface area contributed by atoms with Crippen molar-refractivity contribution in [2.45, 2.75) is 52.5 Å². The fourth-order valence-electron chi connectivity index (χ4n) is 2.03. The van der Waals surface area contributed by atoms with Crippen LogP contribution in [0.4, 0.5) is 0 Å². The first kappa shape index (κ1) is 15.9. The first-order valence-electron chi connectivity index (χ1n) is 6.31. The third-order valence-electron chi connectivity index (χ3n) is 2.97. The Labute approximate surface area is 101 Å². The molecule has 0 fully saturated rings. The molecule has 16 heavy (non-hydrogen) atoms. The van der Waals surface area contributed by atoms with Crippen LogP contribution < -0.4 is 5.32 Å². The zero-order valence-electron chi connectivity index (χ0n) is 11.1. The Morgan fingerprint density at radius 1 is 1.25 bits per heavy atom. The van der Waals surface area contributed by atoms with Gasteiger partial charge in [0, 0.05) is 12.3 Å². The fourth-order valence-corrected chi connectivity index (χ4v) is 2.69. The lowest BCUT2D eigenvalue weighted by Gasteiger charge is -2.23. The summed E-state index contributed by atoms with van der Waals surface area (Å²) in [6, 6.07) is 0.527. The molecule has 0 aromatic heterocycles. The summed E-state index contributed by atoms with van der Waals surface area (Å²) in [6.45, 7) is 7.45. The van der Waals surface area contributed by atoms with Gasteiger partial charge in [0.05, 0.1) is 5.75 Å². The van der Waals surface area contributed by atoms with Crippen LogP contribution in [0, 0.1) is 5.92 Å². The number of rotatable bonds is 9. The molecule has 0 aromatic rings. The van der Waals surface area contributed by atoms with E-state index < -0.39 is 9.84 Å². The average molecular weight is 249 g/mol. The molecule has 0 saturated carbocycles. The summed E-state index contributed by atoms with van der Waals surface area (Å²) in [5, 5.41) is 3.46. The molecule has 0 aliphatic rings. The van der Waals surface area contributed by atoms with Gasteiger partial charge in [-0.2, -0.15) is 0 Å². The third-order valence-corrected chi connectivity index (χ3v) is 4.00. The lowest BCUT2D eigenvalue weighted by atomic mass is 9.95. The van der Waals surface area contributed by atoms with E-state index in [1.54, 1.807) is 0 Å². The SMILES string of the molecule is CCCC(C)C(CC)NCCCS(C)(=O)=O. The second-order valence-corrected chi connectivity index (χ2v) is 6.98. The first-order chi connectivity index (χ1) is 7.40. The maximum absolute atomic E-state index is 11.0. The van der Waals surface area contributed by atoms with Crippen molar-refractivity contribution in [1.82, 2.24) is 5.32 Å². The van der Waals surface area contributed by atoms with Gasteiger partial charge in [0.2, 0.25) is 0 Å². The van der Waals surface area contributed by atoms with Gasteiger partial charge < -0.3 is 5.32 Å². The summed E-state index contributed by atoms with van der Waals surface area (Å²) in [7, 11) is -2.80. The minimum Gasteiger partial charge on any atom is -0.314 e. The Kier molecular flexibility index (Phi) is 8.02. The molecule has 0 saturated heterocycles. The van der Waals surface area contributed by atoms with E-state index in [-0.39, 0.29) is 0 Å². The van der Waals surface area contributed by atoms with Crippen LogP contribution in [0.2, 0.25) is 0 Å². The van der Waals surface area contributed by atoms with Crippen molar-refractivity contribution in [3.05, 3.63) is 0 Å². The van der Waals surface area contributed by atoms with Gasteiger partial charge in [-0.25, -0.2) is 8.42 Å². The van der Waals surface area contributed by atoms with E-state index in [4.69, 9.17) is 0 Å². The number of nitrogens with one attached hydrogen (secondary N) is 1. The van der Waals surface area contributed by atoms with Gasteiger partial charge in [-0.05, 0) is 31.7 Å². The van der Waals surface area contributed by atoms with Crippen LogP contribution in [-0.4, -0.2) is 33.0 Å². The Balaban J connectivity index is 3.79. The van der Waals surface area contributed by atoms with Crippen LogP contribution in [0.3, 0.4) is 0 Å². The van der Waals surface area contributed by atoms with E-state index in [1.165, 1.54) is 19.1 Å². The molecule has 3 nitrogen and oxygen atoms in total. The molecule has 0 spiro atoms. The van der Waals surface area contributed by atoms with Gasteiger partial charge in [-0.1, -0.05) is 27.2 Å². The molecule has 2 atom stereocenters. The number of sulfone groups is 1. The van der Waals surface area contributed by atoms with Crippen molar-refractivity contribution in [3.63, 3.8) is 0 Å². The molecular formula is C12H27NO2S. The molecule has 1 N–H and O–H groups in total. The Morgan fingerprint density at radius 3 is 2.31 bits per heavy atom. The molecular weight excluding hydrogens is 222 g/mol. The van der Waals surface area contributed by atoms with Crippen LogP contribution in [0.25, 0.3) is 0 Å². The molecule has 98 valence electrons. The Morgan fingerprint density at radius 2 is 1.88 bits per heavy atom. The van der Waals surface area contributed by atoms with E-state index >= 15 is 0 Å². The van der Waals surface area contributed by atoms with Crippen LogP contribution in [0.1, 0.15) is 46.5 Å². The monoisotopic (exact) mass is 249 g/mol. The Bertz CT molecular complexity index is 262. The molecule has 0 amide bonds. The van der Waals surface area contributed by atoms with Crippen molar-refractivity contribution in [3.8, 4) is 0 Å². The number of hydrogen-bond acceptors (Lipinski definition) is 3. The summed E-state index contributed by atoms with van der Waals surface area (Å²) in [4.78, 5) is 0. The third kappa shape index (κ3) is 8.11. The van der Waals surface area contributed by atoms with Crippen molar-refractivity contribution < 1.29 is 8.42 Å². The summed E-state index contributed by atoms with van der Waals surface area (Å²) >= 11 is 0. The summed E-state index contributed by atoms with van der Waals surface area (Å²) in [5.41, 5.74) is 0. The van der Waals surface area contributed by atoms with Crippen molar-refractivity contribution in [2.24, 2.45) is 5.92 Å². The second kappa shape index (κ2) is 8.07. The average Bonchev–Trinajstić information content (AvgIpc) is 2.16. The van der Waals surface area contributed by atoms with E-state index in [1.807, 2.05) is 0 Å². The first-order valence-corrected chi connectivity index (χ1v) is 8.37. The van der Waals surface area contributed by atoms with E-state index in [2.05, 4.69) is 26.1 Å². The highest BCUT2D eigenvalue weighted by molar-refractivity contribution is 7.90. The predicted molar refractivity (Wildman–Crippen MR) is 70.5 cm³/mol. The summed E-state index contributed by atoms with van der Waals surface area (Å²) < 4.78 is 21.9. The number of hydrogen-bond donors (Lipinski definition) is 1. The lowest BCUT2D eigenvalue weighted by Crippen LogP contribution is -2.35. The van der Waals surface area contributed by atoms with Gasteiger partial charge in [0.25, 0.3) is 0 Å². The normalized spacial score (nSPS) is 16.0. The molecule has 0 aliphatic carbocycles. The summed E-state index contributed by atoms with van der Waals surface area (Å²) in [6.07, 6.45) is 5.57. The van der Waals surface area contributed by atoms with Gasteiger partial charge in [-0.3, -0.25) is 0 Å². The smallest absolute Gasteiger partial charge is 0.147 e. The quantitative estimate of drug-likeness (QED) is 0.637. The summed E-state index contributed by atoms with van der Waals surface area (Å²) in [5.74, 6) is 0.965. The molecule has 0 aromatic carbocycles.